The Kier molecular flexibility index (Phi) is 2.45. The maximum atomic E-state index is 5.90. The Morgan fingerprint density at radius 3 is 2.27 bits per heavy atom. The van der Waals surface area contributed by atoms with E-state index in [-0.39, 0.29) is 0 Å². The third kappa shape index (κ3) is 1.79. The topological polar surface area (TPSA) is 3.24 Å². The molecule has 0 spiro atoms. The molecule has 2 radical (unpaired) electrons. The zero-order valence-electron chi connectivity index (χ0n) is 8.62. The maximum absolute atomic E-state index is 5.90. The van der Waals surface area contributed by atoms with Gasteiger partial charge in [-0.25, -0.2) is 0 Å². The normalized spacial score (nSPS) is 30.7. The second-order valence-electron chi connectivity index (χ2n) is 4.40. The van der Waals surface area contributed by atoms with Crippen molar-refractivity contribution in [3.05, 3.63) is 47.3 Å². The zero-order chi connectivity index (χ0) is 10.3. The lowest BCUT2D eigenvalue weighted by atomic mass is 9.75. The molecule has 0 aromatic heterocycles. The van der Waals surface area contributed by atoms with E-state index in [4.69, 9.17) is 11.6 Å². The van der Waals surface area contributed by atoms with Crippen LogP contribution in [0.2, 0.25) is 5.02 Å². The van der Waals surface area contributed by atoms with Gasteiger partial charge in [0.15, 0.2) is 0 Å². The molecule has 0 unspecified atom stereocenters. The van der Waals surface area contributed by atoms with E-state index < -0.39 is 0 Å². The van der Waals surface area contributed by atoms with E-state index in [9.17, 15) is 0 Å². The number of nitrogens with zero attached hydrogens (tertiary/aromatic N) is 1. The summed E-state index contributed by atoms with van der Waals surface area (Å²) in [7, 11) is 0. The van der Waals surface area contributed by atoms with Gasteiger partial charge >= 0.3 is 0 Å². The number of fused-ring (bicyclic) bond motifs is 3. The molecule has 3 aliphatic rings. The summed E-state index contributed by atoms with van der Waals surface area (Å²) in [5, 5.41) is 0.820. The second-order valence-corrected chi connectivity index (χ2v) is 4.84. The quantitative estimate of drug-likeness (QED) is 0.702. The molecular weight excluding hydrogens is 206 g/mol. The van der Waals surface area contributed by atoms with E-state index >= 15 is 0 Å². The average molecular weight is 220 g/mol. The SMILES string of the molecule is Clc1ccc([C]2[CH]N3CCC2CC3)cc1. The summed E-state index contributed by atoms with van der Waals surface area (Å²) in [5.74, 6) is 2.28. The smallest absolute Gasteiger partial charge is 0.0406 e. The number of piperidine rings is 3. The number of rotatable bonds is 1. The van der Waals surface area contributed by atoms with Gasteiger partial charge in [-0.2, -0.15) is 0 Å². The highest BCUT2D eigenvalue weighted by atomic mass is 35.5. The molecule has 0 saturated carbocycles. The first-order chi connectivity index (χ1) is 7.33. The van der Waals surface area contributed by atoms with Crippen molar-refractivity contribution in [2.45, 2.75) is 12.8 Å². The highest BCUT2D eigenvalue weighted by molar-refractivity contribution is 6.30. The summed E-state index contributed by atoms with van der Waals surface area (Å²) in [4.78, 5) is 2.43. The van der Waals surface area contributed by atoms with Crippen molar-refractivity contribution in [1.82, 2.24) is 4.90 Å². The van der Waals surface area contributed by atoms with Crippen molar-refractivity contribution in [2.24, 2.45) is 5.92 Å². The van der Waals surface area contributed by atoms with Crippen molar-refractivity contribution in [3.63, 3.8) is 0 Å². The lowest BCUT2D eigenvalue weighted by molar-refractivity contribution is 0.179. The fraction of sp³-hybridized carbons (Fsp3) is 0.385. The first-order valence-electron chi connectivity index (χ1n) is 5.54. The van der Waals surface area contributed by atoms with Gasteiger partial charge < -0.3 is 0 Å². The first kappa shape index (κ1) is 9.68. The van der Waals surface area contributed by atoms with Crippen LogP contribution >= 0.6 is 11.6 Å². The molecule has 1 aromatic carbocycles. The van der Waals surface area contributed by atoms with E-state index in [2.05, 4.69) is 23.6 Å². The fourth-order valence-corrected chi connectivity index (χ4v) is 2.72. The highest BCUT2D eigenvalue weighted by Gasteiger charge is 2.35. The van der Waals surface area contributed by atoms with Crippen LogP contribution in [0.4, 0.5) is 0 Å². The van der Waals surface area contributed by atoms with E-state index in [1.165, 1.54) is 37.4 Å². The van der Waals surface area contributed by atoms with Crippen molar-refractivity contribution >= 4 is 11.6 Å². The zero-order valence-corrected chi connectivity index (χ0v) is 9.37. The van der Waals surface area contributed by atoms with E-state index in [0.717, 1.165) is 10.9 Å². The molecule has 2 heteroatoms. The molecule has 2 bridgehead atoms. The third-order valence-electron chi connectivity index (χ3n) is 3.47. The second kappa shape index (κ2) is 3.80. The van der Waals surface area contributed by atoms with Crippen LogP contribution in [0.5, 0.6) is 0 Å². The molecule has 1 nitrogen and oxygen atoms in total. The fourth-order valence-electron chi connectivity index (χ4n) is 2.59. The summed E-state index contributed by atoms with van der Waals surface area (Å²) in [6.07, 6.45) is 2.63. The Bertz CT molecular complexity index is 338. The lowest BCUT2D eigenvalue weighted by Crippen LogP contribution is -2.43. The third-order valence-corrected chi connectivity index (χ3v) is 3.72. The number of halogens is 1. The van der Waals surface area contributed by atoms with Gasteiger partial charge in [0, 0.05) is 17.5 Å². The molecule has 0 N–H and O–H groups in total. The van der Waals surface area contributed by atoms with E-state index in [1.54, 1.807) is 0 Å². The Labute approximate surface area is 96.0 Å². The van der Waals surface area contributed by atoms with E-state index in [0.29, 0.717) is 0 Å². The Hall–Kier alpha value is -0.530. The van der Waals surface area contributed by atoms with Crippen LogP contribution in [0.3, 0.4) is 0 Å². The molecule has 0 amide bonds. The molecule has 4 rings (SSSR count). The van der Waals surface area contributed by atoms with Gasteiger partial charge in [0.05, 0.1) is 0 Å². The van der Waals surface area contributed by atoms with E-state index in [1.807, 2.05) is 12.1 Å². The van der Waals surface area contributed by atoms with Crippen molar-refractivity contribution in [2.75, 3.05) is 13.1 Å². The molecule has 15 heavy (non-hydrogen) atoms. The summed E-state index contributed by atoms with van der Waals surface area (Å²) in [5.41, 5.74) is 1.34. The largest absolute Gasteiger partial charge is 0.298 e. The van der Waals surface area contributed by atoms with Crippen LogP contribution in [0.15, 0.2) is 24.3 Å². The molecule has 78 valence electrons. The Morgan fingerprint density at radius 2 is 1.73 bits per heavy atom. The van der Waals surface area contributed by atoms with Crippen molar-refractivity contribution in [1.29, 1.82) is 0 Å². The number of hydrogen-bond acceptors (Lipinski definition) is 1. The Balaban J connectivity index is 1.85. The minimum absolute atomic E-state index is 0.774. The van der Waals surface area contributed by atoms with Crippen molar-refractivity contribution < 1.29 is 0 Å². The van der Waals surface area contributed by atoms with Gasteiger partial charge in [0.25, 0.3) is 0 Å². The summed E-state index contributed by atoms with van der Waals surface area (Å²) in [6.45, 7) is 4.81. The lowest BCUT2D eigenvalue weighted by Gasteiger charge is -2.44. The van der Waals surface area contributed by atoms with Crippen LogP contribution < -0.4 is 0 Å². The minimum Gasteiger partial charge on any atom is -0.298 e. The van der Waals surface area contributed by atoms with Crippen LogP contribution in [-0.2, 0) is 0 Å². The minimum atomic E-state index is 0.774. The molecular formula is C13H14ClN. The van der Waals surface area contributed by atoms with Crippen molar-refractivity contribution in [3.8, 4) is 0 Å². The summed E-state index contributed by atoms with van der Waals surface area (Å²) in [6, 6.07) is 8.23. The predicted octanol–water partition coefficient (Wildman–Crippen LogP) is 3.15. The van der Waals surface area contributed by atoms with Crippen LogP contribution in [0.25, 0.3) is 0 Å². The van der Waals surface area contributed by atoms with Crippen LogP contribution in [-0.4, -0.2) is 18.0 Å². The predicted molar refractivity (Wildman–Crippen MR) is 62.4 cm³/mol. The Morgan fingerprint density at radius 1 is 1.07 bits per heavy atom. The monoisotopic (exact) mass is 219 g/mol. The molecule has 3 saturated heterocycles. The standard InChI is InChI=1S/C13H14ClN/c14-12-3-1-10(2-4-12)13-9-15-7-5-11(13)6-8-15/h1-4,9,11H,5-8H2. The molecule has 3 aliphatic heterocycles. The number of hydrogen-bond donors (Lipinski definition) is 0. The molecule has 0 atom stereocenters. The van der Waals surface area contributed by atoms with Gasteiger partial charge in [-0.15, -0.1) is 0 Å². The maximum Gasteiger partial charge on any atom is 0.0406 e. The molecule has 3 fully saturated rings. The number of benzene rings is 1. The van der Waals surface area contributed by atoms with Gasteiger partial charge in [0.1, 0.15) is 0 Å². The van der Waals surface area contributed by atoms with Gasteiger partial charge in [0.2, 0.25) is 0 Å². The molecule has 0 aliphatic carbocycles. The first-order valence-corrected chi connectivity index (χ1v) is 5.92. The summed E-state index contributed by atoms with van der Waals surface area (Å²) >= 11 is 5.90. The summed E-state index contributed by atoms with van der Waals surface area (Å²) < 4.78 is 0. The van der Waals surface area contributed by atoms with Crippen LogP contribution in [0.1, 0.15) is 18.4 Å². The van der Waals surface area contributed by atoms with Gasteiger partial charge in [-0.1, -0.05) is 23.7 Å². The van der Waals surface area contributed by atoms with Crippen LogP contribution in [0, 0.1) is 18.4 Å². The van der Waals surface area contributed by atoms with Gasteiger partial charge in [-0.05, 0) is 49.5 Å². The van der Waals surface area contributed by atoms with Gasteiger partial charge in [-0.3, -0.25) is 4.90 Å². The molecule has 1 aromatic rings. The molecule has 3 heterocycles. The average Bonchev–Trinajstić information content (AvgIpc) is 2.31. The highest BCUT2D eigenvalue weighted by Crippen LogP contribution is 2.40.